The van der Waals surface area contributed by atoms with Crippen LogP contribution in [0.15, 0.2) is 0 Å². The maximum atomic E-state index is 6.22. The fourth-order valence-corrected chi connectivity index (χ4v) is 2.40. The van der Waals surface area contributed by atoms with E-state index < -0.39 is 0 Å². The highest BCUT2D eigenvalue weighted by molar-refractivity contribution is 4.82. The van der Waals surface area contributed by atoms with Crippen LogP contribution in [0.4, 0.5) is 0 Å². The van der Waals surface area contributed by atoms with Crippen molar-refractivity contribution in [3.05, 3.63) is 0 Å². The largest absolute Gasteiger partial charge is 0.379 e. The number of hydrogen-bond donors (Lipinski definition) is 0. The molecule has 0 aliphatic carbocycles. The van der Waals surface area contributed by atoms with Crippen molar-refractivity contribution in [2.45, 2.75) is 98.9 Å². The third-order valence-corrected chi connectivity index (χ3v) is 4.80. The van der Waals surface area contributed by atoms with Crippen LogP contribution in [0.25, 0.3) is 0 Å². The van der Waals surface area contributed by atoms with Crippen LogP contribution in [0, 0.1) is 11.3 Å². The molecule has 0 aromatic rings. The average molecular weight is 331 g/mol. The van der Waals surface area contributed by atoms with Gasteiger partial charge in [-0.1, -0.05) is 27.7 Å². The molecule has 0 bridgehead atoms. The summed E-state index contributed by atoms with van der Waals surface area (Å²) in [4.78, 5) is 0. The summed E-state index contributed by atoms with van der Waals surface area (Å²) in [6.45, 7) is 23.3. The second-order valence-electron chi connectivity index (χ2n) is 9.84. The third kappa shape index (κ3) is 10.4. The molecule has 0 heterocycles. The predicted octanol–water partition coefficient (Wildman–Crippen LogP) is 5.46. The van der Waals surface area contributed by atoms with E-state index in [0.717, 1.165) is 19.4 Å². The molecular formula is C20H42O3. The van der Waals surface area contributed by atoms with Crippen LogP contribution in [0.5, 0.6) is 0 Å². The van der Waals surface area contributed by atoms with Gasteiger partial charge < -0.3 is 14.2 Å². The number of rotatable bonds is 10. The molecule has 23 heavy (non-hydrogen) atoms. The van der Waals surface area contributed by atoms with E-state index in [1.165, 1.54) is 0 Å². The smallest absolute Gasteiger partial charge is 0.0653 e. The van der Waals surface area contributed by atoms with Gasteiger partial charge in [-0.15, -0.1) is 0 Å². The van der Waals surface area contributed by atoms with E-state index in [0.29, 0.717) is 12.5 Å². The van der Waals surface area contributed by atoms with Gasteiger partial charge in [0.25, 0.3) is 0 Å². The van der Waals surface area contributed by atoms with Crippen LogP contribution >= 0.6 is 0 Å². The minimum Gasteiger partial charge on any atom is -0.379 e. The number of methoxy groups -OCH3 is 1. The van der Waals surface area contributed by atoms with Crippen LogP contribution in [0.3, 0.4) is 0 Å². The summed E-state index contributed by atoms with van der Waals surface area (Å²) in [6.07, 6.45) is 1.75. The Balaban J connectivity index is 4.40. The van der Waals surface area contributed by atoms with E-state index in [9.17, 15) is 0 Å². The summed E-state index contributed by atoms with van der Waals surface area (Å²) < 4.78 is 17.8. The summed E-state index contributed by atoms with van der Waals surface area (Å²) in [6, 6.07) is 0. The Morgan fingerprint density at radius 3 is 1.65 bits per heavy atom. The molecule has 0 saturated heterocycles. The van der Waals surface area contributed by atoms with Gasteiger partial charge in [0.2, 0.25) is 0 Å². The number of hydrogen-bond acceptors (Lipinski definition) is 3. The molecule has 0 amide bonds. The van der Waals surface area contributed by atoms with Gasteiger partial charge in [0.1, 0.15) is 0 Å². The Morgan fingerprint density at radius 1 is 0.739 bits per heavy atom. The topological polar surface area (TPSA) is 27.7 Å². The fraction of sp³-hybridized carbons (Fsp3) is 1.00. The van der Waals surface area contributed by atoms with Crippen molar-refractivity contribution in [2.75, 3.05) is 20.3 Å². The van der Waals surface area contributed by atoms with E-state index in [1.807, 2.05) is 0 Å². The van der Waals surface area contributed by atoms with Gasteiger partial charge in [-0.2, -0.15) is 0 Å². The maximum Gasteiger partial charge on any atom is 0.0653 e. The van der Waals surface area contributed by atoms with Crippen molar-refractivity contribution >= 4 is 0 Å². The third-order valence-electron chi connectivity index (χ3n) is 4.80. The lowest BCUT2D eigenvalue weighted by atomic mass is 9.82. The number of ether oxygens (including phenoxy) is 3. The summed E-state index contributed by atoms with van der Waals surface area (Å²) >= 11 is 0. The van der Waals surface area contributed by atoms with Crippen molar-refractivity contribution in [1.82, 2.24) is 0 Å². The highest BCUT2D eigenvalue weighted by Crippen LogP contribution is 2.31. The van der Waals surface area contributed by atoms with E-state index in [4.69, 9.17) is 14.2 Å². The highest BCUT2D eigenvalue weighted by Gasteiger charge is 2.32. The lowest BCUT2D eigenvalue weighted by Gasteiger charge is -2.37. The lowest BCUT2D eigenvalue weighted by molar-refractivity contribution is -0.119. The Morgan fingerprint density at radius 2 is 1.22 bits per heavy atom. The van der Waals surface area contributed by atoms with Gasteiger partial charge in [-0.3, -0.25) is 0 Å². The molecule has 1 unspecified atom stereocenters. The molecule has 0 aliphatic rings. The summed E-state index contributed by atoms with van der Waals surface area (Å²) in [5.41, 5.74) is -0.268. The second kappa shape index (κ2) is 8.31. The zero-order chi connectivity index (χ0) is 18.5. The van der Waals surface area contributed by atoms with E-state index >= 15 is 0 Å². The molecule has 0 aliphatic heterocycles. The molecule has 3 nitrogen and oxygen atoms in total. The minimum absolute atomic E-state index is 0.135. The fourth-order valence-electron chi connectivity index (χ4n) is 2.40. The van der Waals surface area contributed by atoms with E-state index in [-0.39, 0.29) is 22.2 Å². The molecular weight excluding hydrogens is 288 g/mol. The molecule has 0 fully saturated rings. The normalized spacial score (nSPS) is 15.8. The summed E-state index contributed by atoms with van der Waals surface area (Å²) in [5.74, 6) is 0.522. The molecule has 0 N–H and O–H groups in total. The van der Waals surface area contributed by atoms with Crippen LogP contribution in [0.2, 0.25) is 0 Å². The second-order valence-corrected chi connectivity index (χ2v) is 9.84. The van der Waals surface area contributed by atoms with Crippen LogP contribution in [-0.4, -0.2) is 37.1 Å². The van der Waals surface area contributed by atoms with Gasteiger partial charge in [0.05, 0.1) is 30.0 Å². The van der Waals surface area contributed by atoms with Gasteiger partial charge in [-0.05, 0) is 59.3 Å². The zero-order valence-corrected chi connectivity index (χ0v) is 17.6. The molecule has 0 rings (SSSR count). The highest BCUT2D eigenvalue weighted by atomic mass is 16.5. The maximum absolute atomic E-state index is 6.22. The summed E-state index contributed by atoms with van der Waals surface area (Å²) in [5, 5.41) is 0. The van der Waals surface area contributed by atoms with Crippen molar-refractivity contribution < 1.29 is 14.2 Å². The van der Waals surface area contributed by atoms with Crippen molar-refractivity contribution in [3.8, 4) is 0 Å². The first-order valence-corrected chi connectivity index (χ1v) is 8.93. The molecule has 0 aromatic heterocycles. The van der Waals surface area contributed by atoms with E-state index in [1.54, 1.807) is 7.11 Å². The minimum atomic E-state index is -0.210. The molecule has 0 aromatic carbocycles. The molecule has 0 spiro atoms. The van der Waals surface area contributed by atoms with Gasteiger partial charge in [0.15, 0.2) is 0 Å². The van der Waals surface area contributed by atoms with Crippen LogP contribution in [-0.2, 0) is 14.2 Å². The molecule has 0 saturated carbocycles. The average Bonchev–Trinajstić information content (AvgIpc) is 2.33. The Labute approximate surface area is 145 Å². The van der Waals surface area contributed by atoms with Gasteiger partial charge in [0, 0.05) is 13.5 Å². The van der Waals surface area contributed by atoms with Gasteiger partial charge >= 0.3 is 0 Å². The van der Waals surface area contributed by atoms with Crippen molar-refractivity contribution in [1.29, 1.82) is 0 Å². The molecule has 1 atom stereocenters. The lowest BCUT2D eigenvalue weighted by Crippen LogP contribution is -2.40. The van der Waals surface area contributed by atoms with Crippen molar-refractivity contribution in [2.24, 2.45) is 11.3 Å². The Bertz CT molecular complexity index is 337. The van der Waals surface area contributed by atoms with Crippen LogP contribution < -0.4 is 0 Å². The first-order valence-electron chi connectivity index (χ1n) is 8.93. The Hall–Kier alpha value is -0.120. The zero-order valence-electron chi connectivity index (χ0n) is 17.6. The first-order chi connectivity index (χ1) is 10.1. The monoisotopic (exact) mass is 330 g/mol. The Kier molecular flexibility index (Phi) is 8.27. The quantitative estimate of drug-likeness (QED) is 0.532. The van der Waals surface area contributed by atoms with Gasteiger partial charge in [-0.25, -0.2) is 0 Å². The van der Waals surface area contributed by atoms with E-state index in [2.05, 4.69) is 69.2 Å². The van der Waals surface area contributed by atoms with Crippen LogP contribution in [0.1, 0.15) is 82.1 Å². The molecule has 3 heteroatoms. The molecule has 0 radical (unpaired) electrons. The standard InChI is InChI=1S/C20H42O3/c1-16(17(2,3)4)14-23-20(9,10)15-19(7,8)22-13-12-18(5,6)21-11/h16H,12-15H2,1-11H3. The molecule has 140 valence electrons. The summed E-state index contributed by atoms with van der Waals surface area (Å²) in [7, 11) is 1.75. The SMILES string of the molecule is COC(C)(C)CCOC(C)(C)CC(C)(C)OCC(C)C(C)(C)C. The van der Waals surface area contributed by atoms with Crippen molar-refractivity contribution in [3.63, 3.8) is 0 Å². The predicted molar refractivity (Wildman–Crippen MR) is 99.0 cm³/mol. The first kappa shape index (κ1) is 22.9.